The third-order valence-corrected chi connectivity index (χ3v) is 4.41. The summed E-state index contributed by atoms with van der Waals surface area (Å²) in [5.41, 5.74) is 2.27. The molecule has 0 aliphatic carbocycles. The number of hydrogen-bond donors (Lipinski definition) is 1. The molecule has 0 atom stereocenters. The molecule has 1 aromatic carbocycles. The minimum absolute atomic E-state index is 0.0334. The summed E-state index contributed by atoms with van der Waals surface area (Å²) in [5, 5.41) is 2.80. The van der Waals surface area contributed by atoms with Crippen LogP contribution in [-0.4, -0.2) is 54.6 Å². The molecule has 0 unspecified atom stereocenters. The van der Waals surface area contributed by atoms with Crippen molar-refractivity contribution in [2.75, 3.05) is 32.9 Å². The number of aryl methyl sites for hydroxylation is 1. The van der Waals surface area contributed by atoms with Gasteiger partial charge in [-0.1, -0.05) is 38.5 Å². The van der Waals surface area contributed by atoms with E-state index in [4.69, 9.17) is 4.74 Å². The van der Waals surface area contributed by atoms with E-state index in [0.717, 1.165) is 11.3 Å². The Morgan fingerprint density at radius 3 is 2.28 bits per heavy atom. The lowest BCUT2D eigenvalue weighted by molar-refractivity contribution is -0.130. The van der Waals surface area contributed by atoms with Crippen LogP contribution in [0.1, 0.15) is 38.8 Å². The number of hydrogen-bond acceptors (Lipinski definition) is 3. The fourth-order valence-electron chi connectivity index (χ4n) is 2.87. The number of amides is 3. The Morgan fingerprint density at radius 2 is 1.72 bits per heavy atom. The molecule has 1 saturated heterocycles. The Balaban J connectivity index is 1.87. The molecule has 1 fully saturated rings. The molecule has 1 heterocycles. The van der Waals surface area contributed by atoms with Gasteiger partial charge in [0.15, 0.2) is 6.73 Å². The largest absolute Gasteiger partial charge is 0.473 e. The van der Waals surface area contributed by atoms with Gasteiger partial charge in [-0.15, -0.1) is 0 Å². The summed E-state index contributed by atoms with van der Waals surface area (Å²) in [6.45, 7) is 12.4. The van der Waals surface area contributed by atoms with Gasteiger partial charge < -0.3 is 19.9 Å². The molecular weight excluding hydrogens is 318 g/mol. The minimum atomic E-state index is -0.160. The van der Waals surface area contributed by atoms with Gasteiger partial charge in [0.1, 0.15) is 5.75 Å². The van der Waals surface area contributed by atoms with Crippen molar-refractivity contribution in [3.05, 3.63) is 29.3 Å². The van der Waals surface area contributed by atoms with Gasteiger partial charge in [-0.05, 0) is 24.0 Å². The predicted molar refractivity (Wildman–Crippen MR) is 97.7 cm³/mol. The van der Waals surface area contributed by atoms with E-state index in [1.165, 1.54) is 5.56 Å². The zero-order valence-electron chi connectivity index (χ0n) is 15.9. The molecular formula is C19H29N3O3. The smallest absolute Gasteiger partial charge is 0.320 e. The first-order chi connectivity index (χ1) is 11.7. The van der Waals surface area contributed by atoms with Crippen LogP contribution in [0.3, 0.4) is 0 Å². The predicted octanol–water partition coefficient (Wildman–Crippen LogP) is 2.50. The van der Waals surface area contributed by atoms with Gasteiger partial charge in [0.2, 0.25) is 5.91 Å². The van der Waals surface area contributed by atoms with Gasteiger partial charge in [0, 0.05) is 33.1 Å². The molecule has 0 radical (unpaired) electrons. The molecule has 1 aromatic rings. The highest BCUT2D eigenvalue weighted by Gasteiger charge is 2.23. The van der Waals surface area contributed by atoms with Gasteiger partial charge in [-0.2, -0.15) is 0 Å². The topological polar surface area (TPSA) is 61.9 Å². The molecule has 138 valence electrons. The molecule has 1 N–H and O–H groups in total. The summed E-state index contributed by atoms with van der Waals surface area (Å²) in [6, 6.07) is 5.92. The summed E-state index contributed by atoms with van der Waals surface area (Å²) in [7, 11) is 0. The van der Waals surface area contributed by atoms with Crippen molar-refractivity contribution in [1.82, 2.24) is 15.1 Å². The fraction of sp³-hybridized carbons (Fsp3) is 0.579. The van der Waals surface area contributed by atoms with Gasteiger partial charge >= 0.3 is 6.03 Å². The summed E-state index contributed by atoms with van der Waals surface area (Å²) in [5.74, 6) is 0.845. The van der Waals surface area contributed by atoms with Crippen molar-refractivity contribution in [3.8, 4) is 5.75 Å². The molecule has 2 rings (SSSR count). The Bertz CT molecular complexity index is 629. The van der Waals surface area contributed by atoms with Gasteiger partial charge in [-0.25, -0.2) is 4.79 Å². The maximum atomic E-state index is 12.2. The number of rotatable bonds is 3. The van der Waals surface area contributed by atoms with E-state index in [1.807, 2.05) is 12.1 Å². The summed E-state index contributed by atoms with van der Waals surface area (Å²) in [6.07, 6.45) is 0. The maximum Gasteiger partial charge on any atom is 0.320 e. The van der Waals surface area contributed by atoms with E-state index in [0.29, 0.717) is 26.2 Å². The molecule has 6 nitrogen and oxygen atoms in total. The number of urea groups is 1. The van der Waals surface area contributed by atoms with E-state index in [2.05, 4.69) is 39.1 Å². The standard InChI is InChI=1S/C19H29N3O3/c1-14-6-7-17(16(12-14)19(3,4)5)25-13-20-18(24)22-10-8-21(9-11-22)15(2)23/h6-7,12H,8-11,13H2,1-5H3,(H,20,24). The van der Waals surface area contributed by atoms with E-state index in [1.54, 1.807) is 16.7 Å². The first kappa shape index (κ1) is 19.1. The van der Waals surface area contributed by atoms with Crippen LogP contribution in [0.15, 0.2) is 18.2 Å². The number of carbonyl (C=O) groups excluding carboxylic acids is 2. The number of nitrogens with zero attached hydrogens (tertiary/aromatic N) is 2. The number of carbonyl (C=O) groups is 2. The Hall–Kier alpha value is -2.24. The first-order valence-electron chi connectivity index (χ1n) is 8.70. The zero-order chi connectivity index (χ0) is 18.6. The lowest BCUT2D eigenvalue weighted by Gasteiger charge is -2.34. The number of ether oxygens (including phenoxy) is 1. The van der Waals surface area contributed by atoms with Crippen LogP contribution in [0, 0.1) is 6.92 Å². The molecule has 0 saturated carbocycles. The van der Waals surface area contributed by atoms with Crippen LogP contribution in [0.4, 0.5) is 4.79 Å². The van der Waals surface area contributed by atoms with Gasteiger partial charge in [0.25, 0.3) is 0 Å². The number of benzene rings is 1. The van der Waals surface area contributed by atoms with Gasteiger partial charge in [-0.3, -0.25) is 4.79 Å². The Morgan fingerprint density at radius 1 is 1.12 bits per heavy atom. The quantitative estimate of drug-likeness (QED) is 0.855. The van der Waals surface area contributed by atoms with Crippen molar-refractivity contribution in [3.63, 3.8) is 0 Å². The van der Waals surface area contributed by atoms with Crippen LogP contribution in [0.5, 0.6) is 5.75 Å². The van der Waals surface area contributed by atoms with Crippen molar-refractivity contribution < 1.29 is 14.3 Å². The summed E-state index contributed by atoms with van der Waals surface area (Å²) >= 11 is 0. The third-order valence-electron chi connectivity index (χ3n) is 4.41. The average molecular weight is 347 g/mol. The second-order valence-electron chi connectivity index (χ2n) is 7.51. The SMILES string of the molecule is CC(=O)N1CCN(C(=O)NCOc2ccc(C)cc2C(C)(C)C)CC1. The normalized spacial score (nSPS) is 15.1. The highest BCUT2D eigenvalue weighted by molar-refractivity contribution is 5.76. The highest BCUT2D eigenvalue weighted by atomic mass is 16.5. The third kappa shape index (κ3) is 5.11. The Labute approximate surface area is 150 Å². The van der Waals surface area contributed by atoms with Crippen LogP contribution in [-0.2, 0) is 10.2 Å². The minimum Gasteiger partial charge on any atom is -0.473 e. The molecule has 1 aliphatic rings. The second-order valence-corrected chi connectivity index (χ2v) is 7.51. The van der Waals surface area contributed by atoms with E-state index < -0.39 is 0 Å². The van der Waals surface area contributed by atoms with Gasteiger partial charge in [0.05, 0.1) is 0 Å². The Kier molecular flexibility index (Phi) is 5.93. The van der Waals surface area contributed by atoms with Crippen molar-refractivity contribution >= 4 is 11.9 Å². The summed E-state index contributed by atoms with van der Waals surface area (Å²) in [4.78, 5) is 27.0. The lowest BCUT2D eigenvalue weighted by Crippen LogP contribution is -2.53. The molecule has 0 bridgehead atoms. The van der Waals surface area contributed by atoms with E-state index in [9.17, 15) is 9.59 Å². The van der Waals surface area contributed by atoms with Crippen LogP contribution in [0.25, 0.3) is 0 Å². The van der Waals surface area contributed by atoms with Crippen molar-refractivity contribution in [2.24, 2.45) is 0 Å². The maximum absolute atomic E-state index is 12.2. The van der Waals surface area contributed by atoms with Crippen LogP contribution < -0.4 is 10.1 Å². The van der Waals surface area contributed by atoms with E-state index in [-0.39, 0.29) is 24.1 Å². The van der Waals surface area contributed by atoms with Crippen LogP contribution in [0.2, 0.25) is 0 Å². The highest BCUT2D eigenvalue weighted by Crippen LogP contribution is 2.31. The zero-order valence-corrected chi connectivity index (χ0v) is 15.9. The van der Waals surface area contributed by atoms with Crippen molar-refractivity contribution in [2.45, 2.75) is 40.0 Å². The number of nitrogens with one attached hydrogen (secondary N) is 1. The average Bonchev–Trinajstić information content (AvgIpc) is 2.55. The number of piperazine rings is 1. The monoisotopic (exact) mass is 347 g/mol. The van der Waals surface area contributed by atoms with Crippen LogP contribution >= 0.6 is 0 Å². The first-order valence-corrected chi connectivity index (χ1v) is 8.70. The molecule has 25 heavy (non-hydrogen) atoms. The molecule has 0 spiro atoms. The van der Waals surface area contributed by atoms with E-state index >= 15 is 0 Å². The fourth-order valence-corrected chi connectivity index (χ4v) is 2.87. The molecule has 0 aromatic heterocycles. The molecule has 6 heteroatoms. The molecule has 1 aliphatic heterocycles. The lowest BCUT2D eigenvalue weighted by atomic mass is 9.85. The molecule has 3 amide bonds. The van der Waals surface area contributed by atoms with Crippen molar-refractivity contribution in [1.29, 1.82) is 0 Å². The second kappa shape index (κ2) is 7.76. The summed E-state index contributed by atoms with van der Waals surface area (Å²) < 4.78 is 5.82.